The molecule has 0 spiro atoms. The number of methoxy groups -OCH3 is 1. The number of benzene rings is 1. The molecule has 2 fully saturated rings. The van der Waals surface area contributed by atoms with Crippen LogP contribution >= 0.6 is 0 Å². The van der Waals surface area contributed by atoms with Gasteiger partial charge in [0.15, 0.2) is 0 Å². The van der Waals surface area contributed by atoms with Crippen molar-refractivity contribution in [1.82, 2.24) is 10.2 Å². The van der Waals surface area contributed by atoms with Crippen molar-refractivity contribution in [3.05, 3.63) is 29.8 Å². The van der Waals surface area contributed by atoms with Gasteiger partial charge in [-0.1, -0.05) is 12.1 Å². The fourth-order valence-corrected chi connectivity index (χ4v) is 3.61. The number of nitrogens with zero attached hydrogens (tertiary/aromatic N) is 2. The van der Waals surface area contributed by atoms with Crippen molar-refractivity contribution in [3.63, 3.8) is 0 Å². The van der Waals surface area contributed by atoms with E-state index in [0.29, 0.717) is 31.9 Å². The lowest BCUT2D eigenvalue weighted by molar-refractivity contribution is -0.144. The monoisotopic (exact) mass is 389 g/mol. The summed E-state index contributed by atoms with van der Waals surface area (Å²) < 4.78 is 9.86. The highest BCUT2D eigenvalue weighted by molar-refractivity contribution is 6.00. The van der Waals surface area contributed by atoms with Crippen molar-refractivity contribution in [2.75, 3.05) is 51.4 Å². The minimum Gasteiger partial charge on any atom is -0.469 e. The van der Waals surface area contributed by atoms with Crippen LogP contribution in [0.2, 0.25) is 0 Å². The summed E-state index contributed by atoms with van der Waals surface area (Å²) in [7, 11) is 1.27. The molecule has 0 aromatic heterocycles. The van der Waals surface area contributed by atoms with Crippen LogP contribution < -0.4 is 10.2 Å². The third kappa shape index (κ3) is 5.01. The van der Waals surface area contributed by atoms with Crippen LogP contribution in [0.4, 0.5) is 5.69 Å². The average molecular weight is 389 g/mol. The van der Waals surface area contributed by atoms with Crippen LogP contribution in [0.15, 0.2) is 24.3 Å². The molecule has 3 rings (SSSR count). The van der Waals surface area contributed by atoms with Crippen LogP contribution in [0.5, 0.6) is 0 Å². The number of morpholine rings is 1. The SMILES string of the molecule is COC(=O)CC(=O)NC1CCN(c2ccccc2C(=O)N2CCOCC2)CC1. The molecule has 2 aliphatic heterocycles. The molecule has 0 aliphatic carbocycles. The number of esters is 1. The summed E-state index contributed by atoms with van der Waals surface area (Å²) in [5.41, 5.74) is 1.64. The Bertz CT molecular complexity index is 710. The third-order valence-corrected chi connectivity index (χ3v) is 5.17. The van der Waals surface area contributed by atoms with Crippen molar-refractivity contribution in [2.24, 2.45) is 0 Å². The van der Waals surface area contributed by atoms with Gasteiger partial charge in [-0.25, -0.2) is 0 Å². The quantitative estimate of drug-likeness (QED) is 0.592. The molecule has 2 aliphatic rings. The molecule has 0 atom stereocenters. The smallest absolute Gasteiger partial charge is 0.315 e. The zero-order chi connectivity index (χ0) is 19.9. The summed E-state index contributed by atoms with van der Waals surface area (Å²) >= 11 is 0. The Hall–Kier alpha value is -2.61. The van der Waals surface area contributed by atoms with Gasteiger partial charge in [0.25, 0.3) is 5.91 Å². The van der Waals surface area contributed by atoms with Crippen molar-refractivity contribution in [3.8, 4) is 0 Å². The molecule has 152 valence electrons. The molecular weight excluding hydrogens is 362 g/mol. The van der Waals surface area contributed by atoms with E-state index in [9.17, 15) is 14.4 Å². The van der Waals surface area contributed by atoms with Crippen LogP contribution in [0, 0.1) is 0 Å². The Kier molecular flexibility index (Phi) is 6.86. The minimum absolute atomic E-state index is 0.0236. The summed E-state index contributed by atoms with van der Waals surface area (Å²) in [5, 5.41) is 2.89. The van der Waals surface area contributed by atoms with E-state index in [1.54, 1.807) is 0 Å². The standard InChI is InChI=1S/C20H27N3O5/c1-27-19(25)14-18(24)21-15-6-8-22(9-7-15)17-5-3-2-4-16(17)20(26)23-10-12-28-13-11-23/h2-5,15H,6-14H2,1H3,(H,21,24). The first-order valence-corrected chi connectivity index (χ1v) is 9.65. The molecule has 8 nitrogen and oxygen atoms in total. The fourth-order valence-electron chi connectivity index (χ4n) is 3.61. The largest absolute Gasteiger partial charge is 0.469 e. The van der Waals surface area contributed by atoms with E-state index in [1.807, 2.05) is 29.2 Å². The molecule has 0 saturated carbocycles. The topological polar surface area (TPSA) is 88.2 Å². The predicted octanol–water partition coefficient (Wildman–Crippen LogP) is 0.807. The first kappa shape index (κ1) is 20.1. The lowest BCUT2D eigenvalue weighted by atomic mass is 10.0. The maximum atomic E-state index is 12.9. The van der Waals surface area contributed by atoms with E-state index in [0.717, 1.165) is 31.6 Å². The van der Waals surface area contributed by atoms with Crippen molar-refractivity contribution >= 4 is 23.5 Å². The molecule has 1 N–H and O–H groups in total. The summed E-state index contributed by atoms with van der Waals surface area (Å²) in [4.78, 5) is 40.0. The van der Waals surface area contributed by atoms with Gasteiger partial charge in [0.05, 0.1) is 25.9 Å². The Morgan fingerprint density at radius 2 is 1.79 bits per heavy atom. The van der Waals surface area contributed by atoms with E-state index < -0.39 is 5.97 Å². The number of carbonyl (C=O) groups excluding carboxylic acids is 3. The molecule has 28 heavy (non-hydrogen) atoms. The van der Waals surface area contributed by atoms with Gasteiger partial charge in [-0.2, -0.15) is 0 Å². The fraction of sp³-hybridized carbons (Fsp3) is 0.550. The van der Waals surface area contributed by atoms with Crippen molar-refractivity contribution in [2.45, 2.75) is 25.3 Å². The average Bonchev–Trinajstić information content (AvgIpc) is 2.74. The Labute approximate surface area is 164 Å². The van der Waals surface area contributed by atoms with Crippen LogP contribution in [0.1, 0.15) is 29.6 Å². The van der Waals surface area contributed by atoms with Crippen molar-refractivity contribution < 1.29 is 23.9 Å². The number of rotatable bonds is 5. The summed E-state index contributed by atoms with van der Waals surface area (Å²) in [5.74, 6) is -0.814. The highest BCUT2D eigenvalue weighted by Crippen LogP contribution is 2.26. The second-order valence-corrected chi connectivity index (χ2v) is 7.00. The molecule has 0 radical (unpaired) electrons. The molecule has 2 amide bonds. The summed E-state index contributed by atoms with van der Waals surface area (Å²) in [6, 6.07) is 7.70. The van der Waals surface area contributed by atoms with Gasteiger partial charge in [0.2, 0.25) is 5.91 Å². The second kappa shape index (κ2) is 9.54. The summed E-state index contributed by atoms with van der Waals surface area (Å²) in [6.45, 7) is 3.84. The third-order valence-electron chi connectivity index (χ3n) is 5.17. The van der Waals surface area contributed by atoms with Gasteiger partial charge < -0.3 is 24.6 Å². The van der Waals surface area contributed by atoms with Gasteiger partial charge >= 0.3 is 5.97 Å². The Balaban J connectivity index is 1.59. The maximum absolute atomic E-state index is 12.9. The Morgan fingerprint density at radius 1 is 1.11 bits per heavy atom. The van der Waals surface area contributed by atoms with E-state index in [2.05, 4.69) is 15.0 Å². The maximum Gasteiger partial charge on any atom is 0.315 e. The molecule has 2 heterocycles. The van der Waals surface area contributed by atoms with Gasteiger partial charge in [-0.05, 0) is 25.0 Å². The first-order chi connectivity index (χ1) is 13.6. The number of hydrogen-bond donors (Lipinski definition) is 1. The molecule has 1 aromatic rings. The van der Waals surface area contributed by atoms with E-state index in [-0.39, 0.29) is 24.3 Å². The predicted molar refractivity (Wildman–Crippen MR) is 103 cm³/mol. The number of amides is 2. The van der Waals surface area contributed by atoms with E-state index in [1.165, 1.54) is 7.11 Å². The van der Waals surface area contributed by atoms with E-state index in [4.69, 9.17) is 4.74 Å². The number of piperidine rings is 1. The molecule has 8 heteroatoms. The van der Waals surface area contributed by atoms with E-state index >= 15 is 0 Å². The number of nitrogens with one attached hydrogen (secondary N) is 1. The Morgan fingerprint density at radius 3 is 2.46 bits per heavy atom. The van der Waals surface area contributed by atoms with Crippen molar-refractivity contribution in [1.29, 1.82) is 0 Å². The van der Waals surface area contributed by atoms with Gasteiger partial charge in [-0.15, -0.1) is 0 Å². The number of anilines is 1. The molecule has 0 bridgehead atoms. The summed E-state index contributed by atoms with van der Waals surface area (Å²) in [6.07, 6.45) is 1.26. The van der Waals surface area contributed by atoms with Crippen LogP contribution in [-0.2, 0) is 19.1 Å². The normalized spacial score (nSPS) is 17.9. The number of carbonyl (C=O) groups is 3. The molecule has 1 aromatic carbocycles. The first-order valence-electron chi connectivity index (χ1n) is 9.65. The minimum atomic E-state index is -0.537. The highest BCUT2D eigenvalue weighted by Gasteiger charge is 2.26. The van der Waals surface area contributed by atoms with Crippen LogP contribution in [-0.4, -0.2) is 75.2 Å². The lowest BCUT2D eigenvalue weighted by Gasteiger charge is -2.35. The second-order valence-electron chi connectivity index (χ2n) is 7.00. The highest BCUT2D eigenvalue weighted by atomic mass is 16.5. The molecular formula is C20H27N3O5. The van der Waals surface area contributed by atoms with Crippen LogP contribution in [0.25, 0.3) is 0 Å². The molecule has 0 unspecified atom stereocenters. The van der Waals surface area contributed by atoms with Gasteiger partial charge in [0.1, 0.15) is 6.42 Å². The van der Waals surface area contributed by atoms with Gasteiger partial charge in [0, 0.05) is 37.9 Å². The zero-order valence-corrected chi connectivity index (χ0v) is 16.2. The zero-order valence-electron chi connectivity index (χ0n) is 16.2. The van der Waals surface area contributed by atoms with Gasteiger partial charge in [-0.3, -0.25) is 14.4 Å². The molecule has 2 saturated heterocycles. The van der Waals surface area contributed by atoms with Crippen LogP contribution in [0.3, 0.4) is 0 Å². The number of ether oxygens (including phenoxy) is 2. The number of hydrogen-bond acceptors (Lipinski definition) is 6. The number of para-hydroxylation sites is 1. The lowest BCUT2D eigenvalue weighted by Crippen LogP contribution is -2.46.